The first-order valence-electron chi connectivity index (χ1n) is 12.3. The average Bonchev–Trinajstić information content (AvgIpc) is 2.87. The fourth-order valence-corrected chi connectivity index (χ4v) is 6.77. The quantitative estimate of drug-likeness (QED) is 0.304. The molecule has 1 saturated carbocycles. The van der Waals surface area contributed by atoms with Gasteiger partial charge in [-0.2, -0.15) is 13.2 Å². The Morgan fingerprint density at radius 2 is 1.77 bits per heavy atom. The van der Waals surface area contributed by atoms with Crippen molar-refractivity contribution in [3.05, 3.63) is 53.6 Å². The fourth-order valence-electron chi connectivity index (χ4n) is 4.66. The van der Waals surface area contributed by atoms with Gasteiger partial charge in [0.05, 0.1) is 28.3 Å². The number of hydrogen-bond acceptors (Lipinski definition) is 7. The molecule has 0 unspecified atom stereocenters. The number of nitrogens with zero attached hydrogens (tertiary/aromatic N) is 1. The van der Waals surface area contributed by atoms with Crippen LogP contribution < -0.4 is 16.4 Å². The summed E-state index contributed by atoms with van der Waals surface area (Å²) in [4.78, 5) is 28.5. The largest absolute Gasteiger partial charge is 0.416 e. The monoisotopic (exact) mass is 586 g/mol. The van der Waals surface area contributed by atoms with Gasteiger partial charge in [0.15, 0.2) is 9.84 Å². The summed E-state index contributed by atoms with van der Waals surface area (Å²) >= 11 is 1.51. The Morgan fingerprint density at radius 1 is 1.10 bits per heavy atom. The highest BCUT2D eigenvalue weighted by Crippen LogP contribution is 2.32. The molecule has 2 aromatic carbocycles. The number of hydrogen-bond donors (Lipinski definition) is 3. The zero-order valence-corrected chi connectivity index (χ0v) is 23.5. The highest BCUT2D eigenvalue weighted by Gasteiger charge is 2.36. The van der Waals surface area contributed by atoms with Crippen LogP contribution in [0.3, 0.4) is 0 Å². The summed E-state index contributed by atoms with van der Waals surface area (Å²) in [5.41, 5.74) is 4.11. The predicted octanol–water partition coefficient (Wildman–Crippen LogP) is 3.43. The van der Waals surface area contributed by atoms with Crippen LogP contribution in [0.2, 0.25) is 0 Å². The fraction of sp³-hybridized carbons (Fsp3) is 0.462. The minimum absolute atomic E-state index is 0.120. The second-order valence-corrected chi connectivity index (χ2v) is 12.7. The van der Waals surface area contributed by atoms with Crippen molar-refractivity contribution in [3.63, 3.8) is 0 Å². The normalized spacial score (nSPS) is 20.0. The van der Waals surface area contributed by atoms with Crippen LogP contribution in [-0.2, 0) is 20.8 Å². The van der Waals surface area contributed by atoms with E-state index in [1.807, 2.05) is 25.3 Å². The van der Waals surface area contributed by atoms with E-state index in [1.165, 1.54) is 11.8 Å². The second kappa shape index (κ2) is 12.6. The van der Waals surface area contributed by atoms with Crippen molar-refractivity contribution in [2.75, 3.05) is 38.4 Å². The highest BCUT2D eigenvalue weighted by molar-refractivity contribution is 7.98. The average molecular weight is 587 g/mol. The molecule has 1 aliphatic rings. The minimum atomic E-state index is -4.66. The van der Waals surface area contributed by atoms with Gasteiger partial charge >= 0.3 is 6.18 Å². The van der Waals surface area contributed by atoms with E-state index in [9.17, 15) is 31.2 Å². The van der Waals surface area contributed by atoms with E-state index in [1.54, 1.807) is 24.3 Å². The molecule has 3 atom stereocenters. The lowest BCUT2D eigenvalue weighted by atomic mass is 9.82. The van der Waals surface area contributed by atoms with Gasteiger partial charge in [-0.3, -0.25) is 9.59 Å². The van der Waals surface area contributed by atoms with Crippen LogP contribution in [0.1, 0.15) is 35.2 Å². The van der Waals surface area contributed by atoms with Crippen molar-refractivity contribution >= 4 is 39.1 Å². The van der Waals surface area contributed by atoms with Crippen LogP contribution in [-0.4, -0.2) is 69.9 Å². The third-order valence-electron chi connectivity index (χ3n) is 6.93. The van der Waals surface area contributed by atoms with Crippen molar-refractivity contribution in [1.82, 2.24) is 15.5 Å². The summed E-state index contributed by atoms with van der Waals surface area (Å²) < 4.78 is 65.5. The first kappa shape index (κ1) is 30.8. The Morgan fingerprint density at radius 3 is 2.36 bits per heavy atom. The number of nitrogens with two attached hydrogens (primary N) is 1. The number of nitrogen functional groups attached to an aromatic ring is 1. The Labute approximate surface area is 230 Å². The van der Waals surface area contributed by atoms with Crippen molar-refractivity contribution in [2.45, 2.75) is 47.3 Å². The summed E-state index contributed by atoms with van der Waals surface area (Å²) in [6, 6.07) is 8.70. The van der Waals surface area contributed by atoms with Crippen molar-refractivity contribution in [2.24, 2.45) is 5.92 Å². The number of rotatable bonds is 9. The van der Waals surface area contributed by atoms with Gasteiger partial charge in [0.25, 0.3) is 5.91 Å². The Balaban J connectivity index is 1.69. The van der Waals surface area contributed by atoms with Gasteiger partial charge in [-0.1, -0.05) is 0 Å². The molecule has 8 nitrogen and oxygen atoms in total. The van der Waals surface area contributed by atoms with Crippen LogP contribution in [0.15, 0.2) is 52.3 Å². The highest BCUT2D eigenvalue weighted by atomic mass is 32.2. The SMILES string of the molecule is CSc1ccc(S(=O)(=O)C[C@H]2CC[C@H](N(C)C)C[C@@H]2NC(=O)CNC(=O)c2cc(C(F)(F)F)ccc2N)cc1. The third-order valence-corrected chi connectivity index (χ3v) is 9.53. The van der Waals surface area contributed by atoms with E-state index in [2.05, 4.69) is 10.6 Å². The summed E-state index contributed by atoms with van der Waals surface area (Å²) in [6.07, 6.45) is -0.911. The number of carbonyl (C=O) groups excluding carboxylic acids is 2. The van der Waals surface area contributed by atoms with Gasteiger partial charge in [-0.05, 0) is 88.0 Å². The first-order valence-corrected chi connectivity index (χ1v) is 15.2. The van der Waals surface area contributed by atoms with Gasteiger partial charge in [0.1, 0.15) is 0 Å². The van der Waals surface area contributed by atoms with E-state index >= 15 is 0 Å². The lowest BCUT2D eigenvalue weighted by molar-refractivity contribution is -0.137. The summed E-state index contributed by atoms with van der Waals surface area (Å²) in [5.74, 6) is -2.00. The number of anilines is 1. The summed E-state index contributed by atoms with van der Waals surface area (Å²) in [5, 5.41) is 5.16. The smallest absolute Gasteiger partial charge is 0.398 e. The van der Waals surface area contributed by atoms with E-state index < -0.39 is 46.0 Å². The molecule has 0 heterocycles. The minimum Gasteiger partial charge on any atom is -0.398 e. The zero-order chi connectivity index (χ0) is 29.0. The van der Waals surface area contributed by atoms with Crippen LogP contribution >= 0.6 is 11.8 Å². The number of amides is 2. The van der Waals surface area contributed by atoms with E-state index in [-0.39, 0.29) is 33.9 Å². The van der Waals surface area contributed by atoms with E-state index in [0.29, 0.717) is 18.9 Å². The van der Waals surface area contributed by atoms with Crippen LogP contribution in [0, 0.1) is 5.92 Å². The molecule has 0 aliphatic heterocycles. The molecule has 2 amide bonds. The van der Waals surface area contributed by atoms with Gasteiger partial charge in [-0.25, -0.2) is 8.42 Å². The molecule has 0 radical (unpaired) electrons. The Kier molecular flexibility index (Phi) is 9.94. The van der Waals surface area contributed by atoms with Crippen molar-refractivity contribution < 1.29 is 31.2 Å². The van der Waals surface area contributed by atoms with Crippen molar-refractivity contribution in [1.29, 1.82) is 0 Å². The predicted molar refractivity (Wildman–Crippen MR) is 145 cm³/mol. The molecular weight excluding hydrogens is 553 g/mol. The number of sulfone groups is 1. The molecular formula is C26H33F3N4O4S2. The van der Waals surface area contributed by atoms with Gasteiger partial charge < -0.3 is 21.3 Å². The number of carbonyl (C=O) groups is 2. The molecule has 0 spiro atoms. The molecule has 39 heavy (non-hydrogen) atoms. The maximum absolute atomic E-state index is 13.2. The maximum atomic E-state index is 13.2. The lowest BCUT2D eigenvalue weighted by Crippen LogP contribution is -2.52. The molecule has 0 saturated heterocycles. The summed E-state index contributed by atoms with van der Waals surface area (Å²) in [7, 11) is 0.197. The molecule has 3 rings (SSSR count). The standard InChI is InChI=1S/C26H33F3N4O4S2/c1-33(2)18-6-4-16(15-39(36,37)20-9-7-19(38-3)8-10-20)23(13-18)32-24(34)14-31-25(35)21-12-17(26(27,28)29)5-11-22(21)30/h5,7-12,16,18,23H,4,6,13-15,30H2,1-3H3,(H,31,35)(H,32,34)/t16-,18+,23+/m1/s1. The van der Waals surface area contributed by atoms with Crippen LogP contribution in [0.4, 0.5) is 18.9 Å². The number of alkyl halides is 3. The van der Waals surface area contributed by atoms with E-state index in [0.717, 1.165) is 23.4 Å². The third kappa shape index (κ3) is 8.12. The topological polar surface area (TPSA) is 122 Å². The van der Waals surface area contributed by atoms with Crippen LogP contribution in [0.5, 0.6) is 0 Å². The Bertz CT molecular complexity index is 1290. The molecule has 1 aliphatic carbocycles. The zero-order valence-electron chi connectivity index (χ0n) is 21.9. The van der Waals surface area contributed by atoms with Crippen molar-refractivity contribution in [3.8, 4) is 0 Å². The molecule has 1 fully saturated rings. The molecule has 0 bridgehead atoms. The first-order chi connectivity index (χ1) is 18.2. The second-order valence-electron chi connectivity index (χ2n) is 9.80. The lowest BCUT2D eigenvalue weighted by Gasteiger charge is -2.39. The Hall–Kier alpha value is -2.77. The number of nitrogens with one attached hydrogen (secondary N) is 2. The number of halogens is 3. The number of benzene rings is 2. The van der Waals surface area contributed by atoms with Crippen LogP contribution in [0.25, 0.3) is 0 Å². The van der Waals surface area contributed by atoms with Gasteiger partial charge in [-0.15, -0.1) is 11.8 Å². The molecule has 214 valence electrons. The maximum Gasteiger partial charge on any atom is 0.416 e. The molecule has 0 aromatic heterocycles. The van der Waals surface area contributed by atoms with Gasteiger partial charge in [0.2, 0.25) is 5.91 Å². The molecule has 2 aromatic rings. The number of thioether (sulfide) groups is 1. The molecule has 13 heteroatoms. The van der Waals surface area contributed by atoms with Gasteiger partial charge in [0, 0.05) is 22.7 Å². The summed E-state index contributed by atoms with van der Waals surface area (Å²) in [6.45, 7) is -0.507. The molecule has 4 N–H and O–H groups in total. The van der Waals surface area contributed by atoms with E-state index in [4.69, 9.17) is 5.73 Å².